The number of nitrogens with zero attached hydrogens (tertiary/aromatic N) is 2. The van der Waals surface area contributed by atoms with E-state index in [1.165, 1.54) is 5.56 Å². The maximum absolute atomic E-state index is 12.8. The van der Waals surface area contributed by atoms with Crippen LogP contribution in [-0.2, 0) is 0 Å². The molecule has 0 unspecified atom stereocenters. The van der Waals surface area contributed by atoms with Crippen LogP contribution in [0.1, 0.15) is 23.2 Å². The molecule has 1 amide bonds. The molecule has 1 saturated heterocycles. The third-order valence-electron chi connectivity index (χ3n) is 4.72. The minimum absolute atomic E-state index is 0.0819. The van der Waals surface area contributed by atoms with Crippen molar-refractivity contribution in [2.75, 3.05) is 13.1 Å². The van der Waals surface area contributed by atoms with Crippen molar-refractivity contribution >= 4 is 28.8 Å². The second-order valence-electron chi connectivity index (χ2n) is 6.52. The first-order valence-corrected chi connectivity index (χ1v) is 10.2. The summed E-state index contributed by atoms with van der Waals surface area (Å²) < 4.78 is 5.94. The standard InChI is InChI=1S/C21H19ClN2O2S/c22-20-6-5-19(13-23-20)26-18-7-10-24(11-8-18)21(25)16-3-1-15(2-4-16)17-9-12-27-14-17/h1-6,9,12-14,18H,7-8,10-11H2. The molecule has 6 heteroatoms. The maximum Gasteiger partial charge on any atom is 0.253 e. The van der Waals surface area contributed by atoms with Gasteiger partial charge in [-0.05, 0) is 52.2 Å². The van der Waals surface area contributed by atoms with E-state index in [9.17, 15) is 4.79 Å². The summed E-state index contributed by atoms with van der Waals surface area (Å²) in [6, 6.07) is 13.5. The van der Waals surface area contributed by atoms with Crippen LogP contribution >= 0.6 is 22.9 Å². The van der Waals surface area contributed by atoms with Gasteiger partial charge in [0.15, 0.2) is 0 Å². The number of amides is 1. The highest BCUT2D eigenvalue weighted by molar-refractivity contribution is 7.08. The van der Waals surface area contributed by atoms with E-state index in [-0.39, 0.29) is 12.0 Å². The van der Waals surface area contributed by atoms with Crippen LogP contribution in [0.2, 0.25) is 5.15 Å². The first-order valence-electron chi connectivity index (χ1n) is 8.89. The Labute approximate surface area is 167 Å². The van der Waals surface area contributed by atoms with Crippen molar-refractivity contribution in [3.63, 3.8) is 0 Å². The molecule has 0 spiro atoms. The number of halogens is 1. The van der Waals surface area contributed by atoms with Crippen LogP contribution in [0.5, 0.6) is 5.75 Å². The third kappa shape index (κ3) is 4.31. The average Bonchev–Trinajstić information content (AvgIpc) is 3.25. The second kappa shape index (κ2) is 8.11. The fourth-order valence-electron chi connectivity index (χ4n) is 3.22. The molecule has 2 aromatic heterocycles. The predicted molar refractivity (Wildman–Crippen MR) is 109 cm³/mol. The Morgan fingerprint density at radius 2 is 1.85 bits per heavy atom. The summed E-state index contributed by atoms with van der Waals surface area (Å²) in [5.74, 6) is 0.798. The van der Waals surface area contributed by atoms with Crippen molar-refractivity contribution in [1.82, 2.24) is 9.88 Å². The van der Waals surface area contributed by atoms with Gasteiger partial charge in [-0.2, -0.15) is 11.3 Å². The fourth-order valence-corrected chi connectivity index (χ4v) is 3.99. The number of rotatable bonds is 4. The lowest BCUT2D eigenvalue weighted by atomic mass is 10.0. The van der Waals surface area contributed by atoms with Gasteiger partial charge in [0, 0.05) is 31.5 Å². The molecule has 3 aromatic rings. The number of aromatic nitrogens is 1. The fraction of sp³-hybridized carbons (Fsp3) is 0.238. The Kier molecular flexibility index (Phi) is 5.41. The quantitative estimate of drug-likeness (QED) is 0.571. The van der Waals surface area contributed by atoms with Crippen molar-refractivity contribution in [2.45, 2.75) is 18.9 Å². The van der Waals surface area contributed by atoms with E-state index in [2.05, 4.69) is 21.8 Å². The SMILES string of the molecule is O=C(c1ccc(-c2ccsc2)cc1)N1CCC(Oc2ccc(Cl)nc2)CC1. The third-order valence-corrected chi connectivity index (χ3v) is 5.63. The zero-order valence-corrected chi connectivity index (χ0v) is 16.2. The van der Waals surface area contributed by atoms with E-state index in [0.717, 1.165) is 24.0 Å². The summed E-state index contributed by atoms with van der Waals surface area (Å²) in [6.45, 7) is 1.38. The summed E-state index contributed by atoms with van der Waals surface area (Å²) in [5, 5.41) is 4.62. The average molecular weight is 399 g/mol. The first-order chi connectivity index (χ1) is 13.2. The minimum atomic E-state index is 0.0819. The number of thiophene rings is 1. The van der Waals surface area contributed by atoms with E-state index < -0.39 is 0 Å². The molecule has 0 aliphatic carbocycles. The number of carbonyl (C=O) groups is 1. The normalized spacial score (nSPS) is 14.9. The monoisotopic (exact) mass is 398 g/mol. The lowest BCUT2D eigenvalue weighted by molar-refractivity contribution is 0.0595. The lowest BCUT2D eigenvalue weighted by Crippen LogP contribution is -2.41. The molecule has 138 valence electrons. The molecule has 1 fully saturated rings. The molecule has 1 aliphatic heterocycles. The lowest BCUT2D eigenvalue weighted by Gasteiger charge is -2.32. The number of piperidine rings is 1. The van der Waals surface area contributed by atoms with Crippen molar-refractivity contribution in [3.8, 4) is 16.9 Å². The van der Waals surface area contributed by atoms with Crippen molar-refractivity contribution < 1.29 is 9.53 Å². The number of carbonyl (C=O) groups excluding carboxylic acids is 1. The molecule has 1 aliphatic rings. The molecule has 4 rings (SSSR count). The van der Waals surface area contributed by atoms with Crippen molar-refractivity contribution in [3.05, 3.63) is 70.1 Å². The van der Waals surface area contributed by atoms with Crippen LogP contribution in [0.15, 0.2) is 59.4 Å². The van der Waals surface area contributed by atoms with Gasteiger partial charge in [-0.3, -0.25) is 4.79 Å². The minimum Gasteiger partial charge on any atom is -0.489 e. The molecule has 0 bridgehead atoms. The van der Waals surface area contributed by atoms with Crippen LogP contribution in [-0.4, -0.2) is 35.0 Å². The maximum atomic E-state index is 12.8. The molecule has 27 heavy (non-hydrogen) atoms. The largest absolute Gasteiger partial charge is 0.489 e. The smallest absolute Gasteiger partial charge is 0.253 e. The van der Waals surface area contributed by atoms with Gasteiger partial charge < -0.3 is 9.64 Å². The number of hydrogen-bond acceptors (Lipinski definition) is 4. The van der Waals surface area contributed by atoms with E-state index in [0.29, 0.717) is 24.0 Å². The van der Waals surface area contributed by atoms with Gasteiger partial charge in [0.1, 0.15) is 17.0 Å². The molecule has 0 radical (unpaired) electrons. The van der Waals surface area contributed by atoms with E-state index >= 15 is 0 Å². The van der Waals surface area contributed by atoms with Gasteiger partial charge in [0.25, 0.3) is 5.91 Å². The van der Waals surface area contributed by atoms with Gasteiger partial charge in [0.05, 0.1) is 6.20 Å². The van der Waals surface area contributed by atoms with Gasteiger partial charge in [0.2, 0.25) is 0 Å². The zero-order chi connectivity index (χ0) is 18.6. The molecular formula is C21H19ClN2O2S. The number of benzene rings is 1. The Hall–Kier alpha value is -2.37. The summed E-state index contributed by atoms with van der Waals surface area (Å²) in [5.41, 5.74) is 3.06. The molecular weight excluding hydrogens is 380 g/mol. The number of hydrogen-bond donors (Lipinski definition) is 0. The second-order valence-corrected chi connectivity index (χ2v) is 7.68. The molecule has 4 nitrogen and oxygen atoms in total. The topological polar surface area (TPSA) is 42.4 Å². The van der Waals surface area contributed by atoms with Crippen molar-refractivity contribution in [1.29, 1.82) is 0 Å². The van der Waals surface area contributed by atoms with Gasteiger partial charge in [-0.25, -0.2) is 4.98 Å². The number of likely N-dealkylation sites (tertiary alicyclic amines) is 1. The van der Waals surface area contributed by atoms with E-state index in [4.69, 9.17) is 16.3 Å². The van der Waals surface area contributed by atoms with Gasteiger partial charge in [-0.15, -0.1) is 0 Å². The zero-order valence-electron chi connectivity index (χ0n) is 14.7. The highest BCUT2D eigenvalue weighted by Crippen LogP contribution is 2.24. The number of ether oxygens (including phenoxy) is 1. The van der Waals surface area contributed by atoms with Crippen LogP contribution in [0.25, 0.3) is 11.1 Å². The van der Waals surface area contributed by atoms with Crippen LogP contribution in [0.4, 0.5) is 0 Å². The number of pyridine rings is 1. The Bertz CT molecular complexity index is 887. The predicted octanol–water partition coefficient (Wildman–Crippen LogP) is 5.15. The molecule has 0 N–H and O–H groups in total. The van der Waals surface area contributed by atoms with E-state index in [1.807, 2.05) is 35.2 Å². The highest BCUT2D eigenvalue weighted by Gasteiger charge is 2.24. The summed E-state index contributed by atoms with van der Waals surface area (Å²) in [7, 11) is 0. The molecule has 0 saturated carbocycles. The van der Waals surface area contributed by atoms with Crippen LogP contribution < -0.4 is 4.74 Å². The van der Waals surface area contributed by atoms with Crippen LogP contribution in [0.3, 0.4) is 0 Å². The van der Waals surface area contributed by atoms with Crippen molar-refractivity contribution in [2.24, 2.45) is 0 Å². The van der Waals surface area contributed by atoms with Gasteiger partial charge >= 0.3 is 0 Å². The van der Waals surface area contributed by atoms with Gasteiger partial charge in [-0.1, -0.05) is 23.7 Å². The summed E-state index contributed by atoms with van der Waals surface area (Å²) in [6.07, 6.45) is 3.34. The highest BCUT2D eigenvalue weighted by atomic mass is 35.5. The summed E-state index contributed by atoms with van der Waals surface area (Å²) >= 11 is 7.47. The first kappa shape index (κ1) is 18.0. The molecule has 3 heterocycles. The summed E-state index contributed by atoms with van der Waals surface area (Å²) in [4.78, 5) is 18.7. The molecule has 0 atom stereocenters. The van der Waals surface area contributed by atoms with E-state index in [1.54, 1.807) is 23.6 Å². The van der Waals surface area contributed by atoms with Crippen LogP contribution in [0, 0.1) is 0 Å². The molecule has 1 aromatic carbocycles. The Morgan fingerprint density at radius 1 is 1.07 bits per heavy atom. The Morgan fingerprint density at radius 3 is 2.48 bits per heavy atom. The Balaban J connectivity index is 1.33.